The Bertz CT molecular complexity index is 960. The monoisotopic (exact) mass is 474 g/mol. The first-order valence-electron chi connectivity index (χ1n) is 10.5. The van der Waals surface area contributed by atoms with E-state index in [9.17, 15) is 31.1 Å². The summed E-state index contributed by atoms with van der Waals surface area (Å²) in [7, 11) is 0.928. The van der Waals surface area contributed by atoms with Crippen LogP contribution in [0.5, 0.6) is 5.75 Å². The van der Waals surface area contributed by atoms with Gasteiger partial charge < -0.3 is 15.4 Å². The number of nitrogens with one attached hydrogen (secondary N) is 2. The minimum Gasteiger partial charge on any atom is -0.496 e. The molecule has 0 spiro atoms. The Balaban J connectivity index is 1.87. The van der Waals surface area contributed by atoms with E-state index in [-0.39, 0.29) is 12.1 Å². The number of benzene rings is 2. The zero-order valence-electron chi connectivity index (χ0n) is 17.8. The highest BCUT2D eigenvalue weighted by molar-refractivity contribution is 5.99. The average Bonchev–Trinajstić information content (AvgIpc) is 2.77. The molecule has 0 aromatic heterocycles. The van der Waals surface area contributed by atoms with Crippen molar-refractivity contribution >= 4 is 5.91 Å². The highest BCUT2D eigenvalue weighted by atomic mass is 19.4. The first-order chi connectivity index (χ1) is 15.5. The summed E-state index contributed by atoms with van der Waals surface area (Å²) in [6.45, 7) is 0.509. The molecular weight excluding hydrogens is 450 g/mol. The number of halogens is 6. The zero-order chi connectivity index (χ0) is 24.2. The maximum atomic E-state index is 13.6. The Kier molecular flexibility index (Phi) is 7.56. The minimum atomic E-state index is -5.18. The Morgan fingerprint density at radius 3 is 2.18 bits per heavy atom. The summed E-state index contributed by atoms with van der Waals surface area (Å²) >= 11 is 0. The highest BCUT2D eigenvalue weighted by Crippen LogP contribution is 2.41. The number of rotatable bonds is 6. The predicted molar refractivity (Wildman–Crippen MR) is 110 cm³/mol. The number of carbonyl (C=O) groups excluding carboxylic acids is 1. The topological polar surface area (TPSA) is 50.4 Å². The van der Waals surface area contributed by atoms with Crippen LogP contribution in [0.15, 0.2) is 42.5 Å². The van der Waals surface area contributed by atoms with Gasteiger partial charge in [-0.25, -0.2) is 0 Å². The maximum absolute atomic E-state index is 13.6. The molecule has 33 heavy (non-hydrogen) atoms. The number of ether oxygens (including phenoxy) is 1. The van der Waals surface area contributed by atoms with Crippen LogP contribution in [0.2, 0.25) is 0 Å². The molecule has 3 rings (SSSR count). The van der Waals surface area contributed by atoms with Gasteiger partial charge in [-0.05, 0) is 30.5 Å². The molecule has 1 aliphatic carbocycles. The van der Waals surface area contributed by atoms with E-state index in [4.69, 9.17) is 4.74 Å². The Labute approximate surface area is 187 Å². The van der Waals surface area contributed by atoms with Gasteiger partial charge in [0.15, 0.2) is 0 Å². The Morgan fingerprint density at radius 1 is 0.970 bits per heavy atom. The van der Waals surface area contributed by atoms with Crippen LogP contribution >= 0.6 is 0 Å². The third-order valence-electron chi connectivity index (χ3n) is 5.68. The molecule has 180 valence electrons. The fourth-order valence-corrected chi connectivity index (χ4v) is 4.03. The second-order valence-corrected chi connectivity index (χ2v) is 7.93. The van der Waals surface area contributed by atoms with Gasteiger partial charge in [-0.2, -0.15) is 26.3 Å². The van der Waals surface area contributed by atoms with E-state index in [2.05, 4.69) is 10.6 Å². The number of amides is 1. The van der Waals surface area contributed by atoms with Gasteiger partial charge in [0.2, 0.25) is 0 Å². The fraction of sp³-hybridized carbons (Fsp3) is 0.435. The predicted octanol–water partition coefficient (Wildman–Crippen LogP) is 5.56. The van der Waals surface area contributed by atoms with Gasteiger partial charge in [-0.15, -0.1) is 0 Å². The molecule has 2 aromatic carbocycles. The molecule has 2 aromatic rings. The van der Waals surface area contributed by atoms with Crippen LogP contribution in [-0.2, 0) is 18.9 Å². The second kappa shape index (κ2) is 10.0. The van der Waals surface area contributed by atoms with Gasteiger partial charge in [-0.1, -0.05) is 43.2 Å². The van der Waals surface area contributed by atoms with Gasteiger partial charge in [0.1, 0.15) is 5.75 Å². The molecule has 0 aliphatic heterocycles. The van der Waals surface area contributed by atoms with Crippen LogP contribution in [0, 0.1) is 0 Å². The van der Waals surface area contributed by atoms with Crippen molar-refractivity contribution in [2.75, 3.05) is 7.11 Å². The fourth-order valence-electron chi connectivity index (χ4n) is 4.03. The van der Waals surface area contributed by atoms with Gasteiger partial charge in [0, 0.05) is 18.6 Å². The molecule has 0 radical (unpaired) electrons. The minimum absolute atomic E-state index is 0.0521. The van der Waals surface area contributed by atoms with Gasteiger partial charge in [0.25, 0.3) is 5.91 Å². The number of alkyl halides is 6. The lowest BCUT2D eigenvalue weighted by Crippen LogP contribution is -2.51. The average molecular weight is 474 g/mol. The Morgan fingerprint density at radius 2 is 1.61 bits per heavy atom. The molecule has 10 heteroatoms. The van der Waals surface area contributed by atoms with E-state index in [0.717, 1.165) is 25.5 Å². The summed E-state index contributed by atoms with van der Waals surface area (Å²) in [5, 5.41) is 5.93. The van der Waals surface area contributed by atoms with Crippen molar-refractivity contribution in [1.82, 2.24) is 10.6 Å². The molecule has 4 nitrogen and oxygen atoms in total. The van der Waals surface area contributed by atoms with E-state index in [1.165, 1.54) is 0 Å². The standard InChI is InChI=1S/C23H24F6N2O2/c1-33-19-12-15(22(24,25)26)11-16(23(27,28)29)20(19)21(32)31-18-10-6-5-9-17(18)30-13-14-7-3-2-4-8-14/h2-4,7-8,11-12,17-18,30H,5-6,9-10,13H2,1H3,(H,31,32). The highest BCUT2D eigenvalue weighted by Gasteiger charge is 2.42. The lowest BCUT2D eigenvalue weighted by molar-refractivity contribution is -0.143. The van der Waals surface area contributed by atoms with Crippen molar-refractivity contribution < 1.29 is 35.9 Å². The van der Waals surface area contributed by atoms with Gasteiger partial charge >= 0.3 is 12.4 Å². The van der Waals surface area contributed by atoms with Crippen LogP contribution in [0.3, 0.4) is 0 Å². The smallest absolute Gasteiger partial charge is 0.417 e. The summed E-state index contributed by atoms with van der Waals surface area (Å²) < 4.78 is 85.1. The van der Waals surface area contributed by atoms with Crippen LogP contribution < -0.4 is 15.4 Å². The third kappa shape index (κ3) is 6.19. The quantitative estimate of drug-likeness (QED) is 0.539. The molecule has 1 amide bonds. The van der Waals surface area contributed by atoms with Gasteiger partial charge in [0.05, 0.1) is 23.8 Å². The second-order valence-electron chi connectivity index (χ2n) is 7.93. The van der Waals surface area contributed by atoms with Crippen LogP contribution in [-0.4, -0.2) is 25.1 Å². The number of hydrogen-bond acceptors (Lipinski definition) is 3. The third-order valence-corrected chi connectivity index (χ3v) is 5.68. The maximum Gasteiger partial charge on any atom is 0.417 e. The van der Waals surface area contributed by atoms with Crippen molar-refractivity contribution in [1.29, 1.82) is 0 Å². The van der Waals surface area contributed by atoms with Crippen molar-refractivity contribution in [3.8, 4) is 5.75 Å². The van der Waals surface area contributed by atoms with Crippen molar-refractivity contribution in [3.63, 3.8) is 0 Å². The number of methoxy groups -OCH3 is 1. The van der Waals surface area contributed by atoms with Crippen molar-refractivity contribution in [2.45, 2.75) is 56.7 Å². The van der Waals surface area contributed by atoms with E-state index in [1.54, 1.807) is 0 Å². The van der Waals surface area contributed by atoms with Crippen molar-refractivity contribution in [3.05, 3.63) is 64.7 Å². The largest absolute Gasteiger partial charge is 0.496 e. The summed E-state index contributed by atoms with van der Waals surface area (Å²) in [5.41, 5.74) is -3.16. The normalized spacial score (nSPS) is 19.2. The van der Waals surface area contributed by atoms with E-state index in [1.807, 2.05) is 30.3 Å². The molecule has 1 saturated carbocycles. The number of hydrogen-bond donors (Lipinski definition) is 2. The Hall–Kier alpha value is -2.75. The molecule has 1 aliphatic rings. The number of carbonyl (C=O) groups is 1. The zero-order valence-corrected chi connectivity index (χ0v) is 17.8. The molecule has 2 atom stereocenters. The molecule has 2 unspecified atom stereocenters. The first-order valence-corrected chi connectivity index (χ1v) is 10.5. The summed E-state index contributed by atoms with van der Waals surface area (Å²) in [5.74, 6) is -1.90. The van der Waals surface area contributed by atoms with Gasteiger partial charge in [-0.3, -0.25) is 4.79 Å². The van der Waals surface area contributed by atoms with E-state index < -0.39 is 46.7 Å². The van der Waals surface area contributed by atoms with E-state index in [0.29, 0.717) is 25.5 Å². The lowest BCUT2D eigenvalue weighted by atomic mass is 9.89. The molecule has 2 N–H and O–H groups in total. The SMILES string of the molecule is COc1cc(C(F)(F)F)cc(C(F)(F)F)c1C(=O)NC1CCCCC1NCc1ccccc1. The summed E-state index contributed by atoms with van der Waals surface area (Å²) in [4.78, 5) is 12.9. The molecule has 1 fully saturated rings. The van der Waals surface area contributed by atoms with Crippen LogP contribution in [0.1, 0.15) is 52.7 Å². The molecule has 0 saturated heterocycles. The molecular formula is C23H24F6N2O2. The lowest BCUT2D eigenvalue weighted by Gasteiger charge is -2.33. The van der Waals surface area contributed by atoms with Crippen LogP contribution in [0.25, 0.3) is 0 Å². The van der Waals surface area contributed by atoms with Crippen LogP contribution in [0.4, 0.5) is 26.3 Å². The van der Waals surface area contributed by atoms with Crippen molar-refractivity contribution in [2.24, 2.45) is 0 Å². The summed E-state index contributed by atoms with van der Waals surface area (Å²) in [6, 6.07) is 9.17. The first kappa shape index (κ1) is 24.9. The molecule has 0 heterocycles. The van der Waals surface area contributed by atoms with E-state index >= 15 is 0 Å². The molecule has 0 bridgehead atoms. The summed E-state index contributed by atoms with van der Waals surface area (Å²) in [6.07, 6.45) is -7.33.